The molecule has 0 heterocycles. The number of likely N-dealkylation sites (N-methyl/N-ethyl adjacent to an activating group) is 1. The zero-order chi connectivity index (χ0) is 15.7. The molecule has 116 valence electrons. The van der Waals surface area contributed by atoms with E-state index in [1.807, 2.05) is 13.8 Å². The van der Waals surface area contributed by atoms with Gasteiger partial charge in [0.15, 0.2) is 0 Å². The summed E-state index contributed by atoms with van der Waals surface area (Å²) in [5, 5.41) is 14.0. The van der Waals surface area contributed by atoms with Gasteiger partial charge < -0.3 is 20.6 Å². The molecule has 0 aromatic heterocycles. The number of nitrogens with zero attached hydrogens (tertiary/aromatic N) is 1. The van der Waals surface area contributed by atoms with Crippen molar-refractivity contribution in [2.75, 3.05) is 20.1 Å². The molecule has 0 saturated carbocycles. The maximum Gasteiger partial charge on any atom is 0.317 e. The van der Waals surface area contributed by atoms with Gasteiger partial charge in [-0.3, -0.25) is 9.59 Å². The molecule has 3 N–H and O–H groups in total. The lowest BCUT2D eigenvalue weighted by molar-refractivity contribution is -0.137. The molecule has 20 heavy (non-hydrogen) atoms. The van der Waals surface area contributed by atoms with E-state index in [0.717, 1.165) is 0 Å². The summed E-state index contributed by atoms with van der Waals surface area (Å²) in [6, 6.07) is -0.876. The van der Waals surface area contributed by atoms with Crippen LogP contribution in [0.15, 0.2) is 0 Å². The van der Waals surface area contributed by atoms with E-state index in [0.29, 0.717) is 18.9 Å². The van der Waals surface area contributed by atoms with Crippen molar-refractivity contribution < 1.29 is 19.5 Å². The van der Waals surface area contributed by atoms with E-state index in [9.17, 15) is 14.4 Å². The first-order valence-electron chi connectivity index (χ1n) is 6.76. The van der Waals surface area contributed by atoms with Crippen LogP contribution in [-0.4, -0.2) is 54.1 Å². The molecule has 0 aromatic rings. The van der Waals surface area contributed by atoms with E-state index in [1.165, 1.54) is 11.9 Å². The minimum absolute atomic E-state index is 0.0535. The van der Waals surface area contributed by atoms with Crippen LogP contribution in [0.4, 0.5) is 4.79 Å². The second-order valence-electron chi connectivity index (χ2n) is 5.21. The molecular formula is C13H25N3O4. The number of aliphatic carboxylic acids is 1. The highest BCUT2D eigenvalue weighted by Gasteiger charge is 2.18. The topological polar surface area (TPSA) is 98.7 Å². The molecule has 0 saturated heterocycles. The number of carbonyl (C=O) groups excluding carboxylic acids is 2. The van der Waals surface area contributed by atoms with Gasteiger partial charge >= 0.3 is 12.0 Å². The van der Waals surface area contributed by atoms with E-state index in [2.05, 4.69) is 10.6 Å². The van der Waals surface area contributed by atoms with Crippen LogP contribution in [-0.2, 0) is 9.59 Å². The summed E-state index contributed by atoms with van der Waals surface area (Å²) in [5.74, 6) is -0.852. The van der Waals surface area contributed by atoms with Gasteiger partial charge in [0.25, 0.3) is 0 Å². The highest BCUT2D eigenvalue weighted by atomic mass is 16.4. The number of carbonyl (C=O) groups is 3. The van der Waals surface area contributed by atoms with Crippen LogP contribution < -0.4 is 10.6 Å². The first-order chi connectivity index (χ1) is 9.26. The van der Waals surface area contributed by atoms with Crippen molar-refractivity contribution in [1.29, 1.82) is 0 Å². The average molecular weight is 287 g/mol. The first kappa shape index (κ1) is 18.2. The lowest BCUT2D eigenvalue weighted by Gasteiger charge is -2.21. The van der Waals surface area contributed by atoms with Crippen LogP contribution in [0.2, 0.25) is 0 Å². The fourth-order valence-corrected chi connectivity index (χ4v) is 1.45. The molecule has 0 aromatic carbocycles. The predicted octanol–water partition coefficient (Wildman–Crippen LogP) is 0.653. The molecule has 0 radical (unpaired) electrons. The monoisotopic (exact) mass is 287 g/mol. The number of carboxylic acids is 1. The Hall–Kier alpha value is -1.79. The minimum Gasteiger partial charge on any atom is -0.481 e. The maximum absolute atomic E-state index is 11.8. The molecule has 0 bridgehead atoms. The molecule has 0 fully saturated rings. The van der Waals surface area contributed by atoms with Crippen LogP contribution in [0.25, 0.3) is 0 Å². The molecule has 0 aliphatic rings. The minimum atomic E-state index is -0.963. The van der Waals surface area contributed by atoms with Gasteiger partial charge in [-0.15, -0.1) is 0 Å². The average Bonchev–Trinajstić information content (AvgIpc) is 2.34. The third-order valence-corrected chi connectivity index (χ3v) is 2.68. The fraction of sp³-hybridized carbons (Fsp3) is 0.769. The van der Waals surface area contributed by atoms with Crippen molar-refractivity contribution in [2.45, 2.75) is 39.7 Å². The lowest BCUT2D eigenvalue weighted by Crippen LogP contribution is -2.47. The van der Waals surface area contributed by atoms with E-state index in [1.54, 1.807) is 6.92 Å². The largest absolute Gasteiger partial charge is 0.481 e. The zero-order valence-corrected chi connectivity index (χ0v) is 12.6. The van der Waals surface area contributed by atoms with Gasteiger partial charge in [-0.25, -0.2) is 4.79 Å². The van der Waals surface area contributed by atoms with Crippen molar-refractivity contribution in [3.05, 3.63) is 0 Å². The molecule has 7 heteroatoms. The number of carboxylic acid groups (broad SMARTS) is 1. The Labute approximate surface area is 119 Å². The van der Waals surface area contributed by atoms with Gasteiger partial charge in [0.1, 0.15) is 6.54 Å². The highest BCUT2D eigenvalue weighted by Crippen LogP contribution is 1.99. The smallest absolute Gasteiger partial charge is 0.317 e. The first-order valence-corrected chi connectivity index (χ1v) is 6.76. The van der Waals surface area contributed by atoms with Gasteiger partial charge in [0, 0.05) is 19.6 Å². The van der Waals surface area contributed by atoms with E-state index in [4.69, 9.17) is 5.11 Å². The van der Waals surface area contributed by atoms with E-state index < -0.39 is 18.0 Å². The summed E-state index contributed by atoms with van der Waals surface area (Å²) in [6.07, 6.45) is 0.390. The Bertz CT molecular complexity index is 345. The van der Waals surface area contributed by atoms with Crippen molar-refractivity contribution in [3.8, 4) is 0 Å². The molecule has 7 nitrogen and oxygen atoms in total. The van der Waals surface area contributed by atoms with Crippen LogP contribution in [0.5, 0.6) is 0 Å². The summed E-state index contributed by atoms with van der Waals surface area (Å²) < 4.78 is 0. The molecule has 1 unspecified atom stereocenters. The molecule has 0 aliphatic heterocycles. The van der Waals surface area contributed by atoms with Gasteiger partial charge in [0.2, 0.25) is 5.91 Å². The predicted molar refractivity (Wildman–Crippen MR) is 75.3 cm³/mol. The van der Waals surface area contributed by atoms with Crippen LogP contribution >= 0.6 is 0 Å². The molecule has 0 aliphatic carbocycles. The molecule has 3 amide bonds. The van der Waals surface area contributed by atoms with Crippen molar-refractivity contribution in [1.82, 2.24) is 15.5 Å². The third-order valence-electron chi connectivity index (χ3n) is 2.68. The van der Waals surface area contributed by atoms with E-state index >= 15 is 0 Å². The number of urea groups is 1. The normalized spacial score (nSPS) is 11.8. The fourth-order valence-electron chi connectivity index (χ4n) is 1.45. The zero-order valence-electron chi connectivity index (χ0n) is 12.6. The second kappa shape index (κ2) is 9.17. The van der Waals surface area contributed by atoms with Crippen LogP contribution in [0, 0.1) is 5.92 Å². The van der Waals surface area contributed by atoms with Gasteiger partial charge in [-0.05, 0) is 12.3 Å². The molecule has 0 spiro atoms. The number of hydrogen-bond acceptors (Lipinski definition) is 3. The van der Waals surface area contributed by atoms with Gasteiger partial charge in [0.05, 0.1) is 6.42 Å². The summed E-state index contributed by atoms with van der Waals surface area (Å²) >= 11 is 0. The SMILES string of the molecule is CCC(CC(=O)O)NC(=O)N(C)CC(=O)NCC(C)C. The summed E-state index contributed by atoms with van der Waals surface area (Å²) in [4.78, 5) is 35.2. The lowest BCUT2D eigenvalue weighted by atomic mass is 10.1. The van der Waals surface area contributed by atoms with Gasteiger partial charge in [-0.1, -0.05) is 20.8 Å². The van der Waals surface area contributed by atoms with Crippen molar-refractivity contribution in [3.63, 3.8) is 0 Å². The van der Waals surface area contributed by atoms with E-state index in [-0.39, 0.29) is 18.9 Å². The number of hydrogen-bond donors (Lipinski definition) is 3. The number of nitrogens with one attached hydrogen (secondary N) is 2. The summed E-state index contributed by atoms with van der Waals surface area (Å²) in [7, 11) is 1.50. The molecule has 0 rings (SSSR count). The standard InChI is InChI=1S/C13H25N3O4/c1-5-10(6-12(18)19)15-13(20)16(4)8-11(17)14-7-9(2)3/h9-10H,5-8H2,1-4H3,(H,14,17)(H,15,20)(H,18,19). The highest BCUT2D eigenvalue weighted by molar-refractivity contribution is 5.84. The van der Waals surface area contributed by atoms with Crippen molar-refractivity contribution >= 4 is 17.9 Å². The quantitative estimate of drug-likeness (QED) is 0.610. The van der Waals surface area contributed by atoms with Crippen LogP contribution in [0.1, 0.15) is 33.6 Å². The molecule has 1 atom stereocenters. The maximum atomic E-state index is 11.8. The summed E-state index contributed by atoms with van der Waals surface area (Å²) in [6.45, 7) is 6.26. The Morgan fingerprint density at radius 2 is 1.85 bits per heavy atom. The second-order valence-corrected chi connectivity index (χ2v) is 5.21. The Morgan fingerprint density at radius 1 is 1.25 bits per heavy atom. The van der Waals surface area contributed by atoms with Crippen LogP contribution in [0.3, 0.4) is 0 Å². The number of rotatable bonds is 8. The Balaban J connectivity index is 4.19. The number of amides is 3. The Morgan fingerprint density at radius 3 is 2.30 bits per heavy atom. The van der Waals surface area contributed by atoms with Crippen molar-refractivity contribution in [2.24, 2.45) is 5.92 Å². The third kappa shape index (κ3) is 8.34. The van der Waals surface area contributed by atoms with Gasteiger partial charge in [-0.2, -0.15) is 0 Å². The Kier molecular flexibility index (Phi) is 8.35. The summed E-state index contributed by atoms with van der Waals surface area (Å²) in [5.41, 5.74) is 0. The molecular weight excluding hydrogens is 262 g/mol.